The smallest absolute Gasteiger partial charge is 0.326 e. The van der Waals surface area contributed by atoms with E-state index in [0.29, 0.717) is 12.8 Å². The molecule has 110 valence electrons. The van der Waals surface area contributed by atoms with Crippen molar-refractivity contribution in [2.45, 2.75) is 59.5 Å². The first kappa shape index (κ1) is 17.4. The number of aliphatic carboxylic acids is 1. The third-order valence-electron chi connectivity index (χ3n) is 2.61. The Morgan fingerprint density at radius 2 is 1.68 bits per heavy atom. The lowest BCUT2D eigenvalue weighted by Crippen LogP contribution is -2.52. The molecule has 0 aliphatic carbocycles. The normalized spacial score (nSPS) is 14.4. The van der Waals surface area contributed by atoms with E-state index in [1.165, 1.54) is 6.92 Å². The van der Waals surface area contributed by atoms with Gasteiger partial charge in [-0.3, -0.25) is 9.59 Å². The van der Waals surface area contributed by atoms with Crippen LogP contribution in [0.15, 0.2) is 0 Å². The monoisotopic (exact) mass is 272 g/mol. The van der Waals surface area contributed by atoms with Crippen molar-refractivity contribution in [2.24, 2.45) is 5.41 Å². The zero-order chi connectivity index (χ0) is 15.2. The van der Waals surface area contributed by atoms with Crippen molar-refractivity contribution in [1.29, 1.82) is 0 Å². The number of carboxylic acids is 1. The second kappa shape index (κ2) is 7.11. The number of nitrogens with one attached hydrogen (secondary N) is 2. The standard InChI is InChI=1S/C13H24N2O4/c1-6-7-9(11(17)18)15-10(16)8(2)14-12(19)13(3,4)5/h8-9H,6-7H2,1-5H3,(H,14,19)(H,15,16)(H,17,18)/t8?,9-/m0/s1. The first-order valence-corrected chi connectivity index (χ1v) is 6.43. The van der Waals surface area contributed by atoms with Crippen molar-refractivity contribution in [3.63, 3.8) is 0 Å². The molecule has 0 saturated carbocycles. The van der Waals surface area contributed by atoms with Crippen LogP contribution in [-0.4, -0.2) is 35.0 Å². The zero-order valence-electron chi connectivity index (χ0n) is 12.2. The van der Waals surface area contributed by atoms with Crippen molar-refractivity contribution in [2.75, 3.05) is 0 Å². The number of amides is 2. The van der Waals surface area contributed by atoms with Crippen LogP contribution in [-0.2, 0) is 14.4 Å². The largest absolute Gasteiger partial charge is 0.480 e. The number of carboxylic acid groups (broad SMARTS) is 1. The average molecular weight is 272 g/mol. The molecular formula is C13H24N2O4. The van der Waals surface area contributed by atoms with E-state index in [0.717, 1.165) is 0 Å². The zero-order valence-corrected chi connectivity index (χ0v) is 12.2. The number of hydrogen-bond acceptors (Lipinski definition) is 3. The van der Waals surface area contributed by atoms with Crippen LogP contribution in [0.25, 0.3) is 0 Å². The second-order valence-electron chi connectivity index (χ2n) is 5.63. The van der Waals surface area contributed by atoms with E-state index in [9.17, 15) is 14.4 Å². The van der Waals surface area contributed by atoms with Crippen molar-refractivity contribution < 1.29 is 19.5 Å². The third kappa shape index (κ3) is 6.22. The molecule has 0 aliphatic heterocycles. The van der Waals surface area contributed by atoms with Crippen LogP contribution in [0.1, 0.15) is 47.5 Å². The Bertz CT molecular complexity index is 347. The molecule has 2 atom stereocenters. The van der Waals surface area contributed by atoms with Gasteiger partial charge in [0.1, 0.15) is 12.1 Å². The fourth-order valence-electron chi connectivity index (χ4n) is 1.32. The minimum Gasteiger partial charge on any atom is -0.480 e. The van der Waals surface area contributed by atoms with Gasteiger partial charge in [-0.15, -0.1) is 0 Å². The van der Waals surface area contributed by atoms with Crippen molar-refractivity contribution in [3.8, 4) is 0 Å². The molecule has 0 fully saturated rings. The predicted octanol–water partition coefficient (Wildman–Crippen LogP) is 0.907. The number of rotatable bonds is 6. The van der Waals surface area contributed by atoms with Crippen LogP contribution >= 0.6 is 0 Å². The highest BCUT2D eigenvalue weighted by Crippen LogP contribution is 2.12. The summed E-state index contributed by atoms with van der Waals surface area (Å²) in [6.07, 6.45) is 1.01. The summed E-state index contributed by atoms with van der Waals surface area (Å²) in [6, 6.07) is -1.67. The van der Waals surface area contributed by atoms with Gasteiger partial charge < -0.3 is 15.7 Å². The minimum atomic E-state index is -1.07. The summed E-state index contributed by atoms with van der Waals surface area (Å²) in [4.78, 5) is 34.5. The molecule has 1 unspecified atom stereocenters. The molecule has 2 amide bonds. The summed E-state index contributed by atoms with van der Waals surface area (Å²) < 4.78 is 0. The van der Waals surface area contributed by atoms with E-state index in [4.69, 9.17) is 5.11 Å². The van der Waals surface area contributed by atoms with Gasteiger partial charge in [0.2, 0.25) is 11.8 Å². The average Bonchev–Trinajstić information content (AvgIpc) is 2.26. The summed E-state index contributed by atoms with van der Waals surface area (Å²) in [7, 11) is 0. The van der Waals surface area contributed by atoms with Crippen molar-refractivity contribution in [1.82, 2.24) is 10.6 Å². The van der Waals surface area contributed by atoms with Crippen LogP contribution in [0, 0.1) is 5.41 Å². The third-order valence-corrected chi connectivity index (χ3v) is 2.61. The van der Waals surface area contributed by atoms with Gasteiger partial charge in [0, 0.05) is 5.41 Å². The van der Waals surface area contributed by atoms with Gasteiger partial charge in [-0.25, -0.2) is 4.79 Å². The number of hydrogen-bond donors (Lipinski definition) is 3. The van der Waals surface area contributed by atoms with Crippen LogP contribution in [0.2, 0.25) is 0 Å². The van der Waals surface area contributed by atoms with Gasteiger partial charge in [-0.05, 0) is 13.3 Å². The quantitative estimate of drug-likeness (QED) is 0.669. The Hall–Kier alpha value is -1.59. The molecule has 0 radical (unpaired) electrons. The van der Waals surface area contributed by atoms with E-state index in [2.05, 4.69) is 10.6 Å². The molecule has 0 heterocycles. The molecule has 3 N–H and O–H groups in total. The Labute approximate surface area is 113 Å². The summed E-state index contributed by atoms with van der Waals surface area (Å²) in [5.74, 6) is -1.81. The first-order valence-electron chi connectivity index (χ1n) is 6.43. The lowest BCUT2D eigenvalue weighted by atomic mass is 9.95. The van der Waals surface area contributed by atoms with Crippen molar-refractivity contribution in [3.05, 3.63) is 0 Å². The van der Waals surface area contributed by atoms with E-state index in [1.807, 2.05) is 6.92 Å². The summed E-state index contributed by atoms with van der Waals surface area (Å²) in [5, 5.41) is 13.9. The Morgan fingerprint density at radius 1 is 1.16 bits per heavy atom. The molecule has 6 nitrogen and oxygen atoms in total. The molecule has 0 saturated heterocycles. The second-order valence-corrected chi connectivity index (χ2v) is 5.63. The molecule has 6 heteroatoms. The molecule has 19 heavy (non-hydrogen) atoms. The van der Waals surface area contributed by atoms with Gasteiger partial charge in [0.05, 0.1) is 0 Å². The highest BCUT2D eigenvalue weighted by Gasteiger charge is 2.27. The van der Waals surface area contributed by atoms with Crippen molar-refractivity contribution >= 4 is 17.8 Å². The van der Waals surface area contributed by atoms with Gasteiger partial charge in [0.15, 0.2) is 0 Å². The van der Waals surface area contributed by atoms with Crippen LogP contribution < -0.4 is 10.6 Å². The molecular weight excluding hydrogens is 248 g/mol. The maximum atomic E-state index is 11.8. The highest BCUT2D eigenvalue weighted by atomic mass is 16.4. The molecule has 0 aliphatic rings. The molecule has 0 aromatic heterocycles. The summed E-state index contributed by atoms with van der Waals surface area (Å²) >= 11 is 0. The van der Waals surface area contributed by atoms with E-state index < -0.39 is 29.4 Å². The molecule has 0 bridgehead atoms. The lowest BCUT2D eigenvalue weighted by Gasteiger charge is -2.22. The first-order chi connectivity index (χ1) is 8.59. The van der Waals surface area contributed by atoms with E-state index in [1.54, 1.807) is 20.8 Å². The van der Waals surface area contributed by atoms with Gasteiger partial charge in [-0.2, -0.15) is 0 Å². The van der Waals surface area contributed by atoms with E-state index >= 15 is 0 Å². The number of carbonyl (C=O) groups excluding carboxylic acids is 2. The van der Waals surface area contributed by atoms with Crippen LogP contribution in [0.4, 0.5) is 0 Å². The summed E-state index contributed by atoms with van der Waals surface area (Å²) in [5.41, 5.74) is -0.593. The van der Waals surface area contributed by atoms with E-state index in [-0.39, 0.29) is 5.91 Å². The maximum absolute atomic E-state index is 11.8. The fourth-order valence-corrected chi connectivity index (χ4v) is 1.32. The Balaban J connectivity index is 4.49. The Morgan fingerprint density at radius 3 is 2.05 bits per heavy atom. The Kier molecular flexibility index (Phi) is 6.52. The van der Waals surface area contributed by atoms with Gasteiger partial charge in [0.25, 0.3) is 0 Å². The number of carbonyl (C=O) groups is 3. The maximum Gasteiger partial charge on any atom is 0.326 e. The highest BCUT2D eigenvalue weighted by molar-refractivity contribution is 5.91. The minimum absolute atomic E-state index is 0.252. The fraction of sp³-hybridized carbons (Fsp3) is 0.769. The predicted molar refractivity (Wildman–Crippen MR) is 71.5 cm³/mol. The van der Waals surface area contributed by atoms with Crippen LogP contribution in [0.3, 0.4) is 0 Å². The molecule has 0 spiro atoms. The topological polar surface area (TPSA) is 95.5 Å². The lowest BCUT2D eigenvalue weighted by molar-refractivity contribution is -0.142. The summed E-state index contributed by atoms with van der Waals surface area (Å²) in [6.45, 7) is 8.59. The molecule has 0 aromatic carbocycles. The van der Waals surface area contributed by atoms with Crippen LogP contribution in [0.5, 0.6) is 0 Å². The molecule has 0 rings (SSSR count). The van der Waals surface area contributed by atoms with Gasteiger partial charge in [-0.1, -0.05) is 34.1 Å². The molecule has 0 aromatic rings. The SMILES string of the molecule is CCC[C@H](NC(=O)C(C)NC(=O)C(C)(C)C)C(=O)O. The van der Waals surface area contributed by atoms with Gasteiger partial charge >= 0.3 is 5.97 Å².